The maximum atomic E-state index is 11.2. The van der Waals surface area contributed by atoms with Gasteiger partial charge in [0.15, 0.2) is 5.96 Å². The first-order chi connectivity index (χ1) is 7.47. The van der Waals surface area contributed by atoms with Crippen molar-refractivity contribution in [1.82, 2.24) is 10.6 Å². The van der Waals surface area contributed by atoms with Gasteiger partial charge in [-0.3, -0.25) is 10.2 Å². The Bertz CT molecular complexity index is 254. The van der Waals surface area contributed by atoms with Gasteiger partial charge < -0.3 is 26.9 Å². The van der Waals surface area contributed by atoms with E-state index in [0.717, 1.165) is 0 Å². The third-order valence-electron chi connectivity index (χ3n) is 1.91. The number of guanidine groups is 1. The van der Waals surface area contributed by atoms with Crippen molar-refractivity contribution in [1.29, 1.82) is 5.41 Å². The lowest BCUT2D eigenvalue weighted by Gasteiger charge is -2.14. The summed E-state index contributed by atoms with van der Waals surface area (Å²) < 4.78 is 0. The first-order valence-corrected chi connectivity index (χ1v) is 5.06. The van der Waals surface area contributed by atoms with Crippen LogP contribution in [0.15, 0.2) is 0 Å². The van der Waals surface area contributed by atoms with Crippen LogP contribution < -0.4 is 22.1 Å². The molecule has 0 bridgehead atoms. The van der Waals surface area contributed by atoms with Crippen LogP contribution in [0.4, 0.5) is 0 Å². The Labute approximate surface area is 94.4 Å². The second-order valence-electron chi connectivity index (χ2n) is 3.52. The standard InChI is InChI=1S/C9H19N5O2/c1-6(10)8(16)14-7(5-15)3-2-4-13-9(11)12/h5-7H,2-4,10H2,1H3,(H,14,16)(H4,11,12,13)/t6-,7-/m0/s1. The number of carbonyl (C=O) groups excluding carboxylic acids is 2. The first-order valence-electron chi connectivity index (χ1n) is 5.06. The molecule has 0 aromatic heterocycles. The number of nitrogens with two attached hydrogens (primary N) is 2. The van der Waals surface area contributed by atoms with E-state index in [1.54, 1.807) is 6.92 Å². The molecular formula is C9H19N5O2. The molecule has 16 heavy (non-hydrogen) atoms. The van der Waals surface area contributed by atoms with Crippen LogP contribution in [0.25, 0.3) is 0 Å². The number of amides is 1. The monoisotopic (exact) mass is 229 g/mol. The highest BCUT2D eigenvalue weighted by molar-refractivity contribution is 5.83. The van der Waals surface area contributed by atoms with E-state index in [1.165, 1.54) is 0 Å². The van der Waals surface area contributed by atoms with Crippen molar-refractivity contribution in [2.24, 2.45) is 11.5 Å². The van der Waals surface area contributed by atoms with E-state index in [0.29, 0.717) is 25.7 Å². The van der Waals surface area contributed by atoms with Gasteiger partial charge in [0.05, 0.1) is 12.1 Å². The SMILES string of the molecule is C[C@H](N)C(=O)N[C@H](C=O)CCCNC(=N)N. The zero-order valence-electron chi connectivity index (χ0n) is 9.32. The van der Waals surface area contributed by atoms with Crippen LogP contribution >= 0.6 is 0 Å². The minimum absolute atomic E-state index is 0.109. The zero-order chi connectivity index (χ0) is 12.6. The van der Waals surface area contributed by atoms with Crippen molar-refractivity contribution in [3.05, 3.63) is 0 Å². The van der Waals surface area contributed by atoms with E-state index < -0.39 is 12.1 Å². The molecule has 92 valence electrons. The van der Waals surface area contributed by atoms with Crippen molar-refractivity contribution in [3.8, 4) is 0 Å². The summed E-state index contributed by atoms with van der Waals surface area (Å²) >= 11 is 0. The molecule has 7 nitrogen and oxygen atoms in total. The summed E-state index contributed by atoms with van der Waals surface area (Å²) in [7, 11) is 0. The Kier molecular flexibility index (Phi) is 6.86. The van der Waals surface area contributed by atoms with E-state index in [2.05, 4.69) is 10.6 Å². The molecule has 1 amide bonds. The molecule has 0 radical (unpaired) electrons. The highest BCUT2D eigenvalue weighted by Crippen LogP contribution is 1.94. The van der Waals surface area contributed by atoms with Gasteiger partial charge in [0.2, 0.25) is 5.91 Å². The molecule has 0 rings (SSSR count). The molecule has 2 atom stereocenters. The maximum Gasteiger partial charge on any atom is 0.237 e. The summed E-state index contributed by atoms with van der Waals surface area (Å²) in [5, 5.41) is 12.0. The lowest BCUT2D eigenvalue weighted by atomic mass is 10.1. The van der Waals surface area contributed by atoms with Crippen molar-refractivity contribution in [2.45, 2.75) is 31.8 Å². The van der Waals surface area contributed by atoms with Crippen LogP contribution in [0.1, 0.15) is 19.8 Å². The lowest BCUT2D eigenvalue weighted by molar-refractivity contribution is -0.124. The number of aldehydes is 1. The Balaban J connectivity index is 3.79. The molecule has 7 N–H and O–H groups in total. The molecule has 0 aliphatic heterocycles. The van der Waals surface area contributed by atoms with Crippen molar-refractivity contribution in [3.63, 3.8) is 0 Å². The number of rotatable bonds is 7. The van der Waals surface area contributed by atoms with Gasteiger partial charge in [-0.2, -0.15) is 0 Å². The molecule has 0 aromatic rings. The quantitative estimate of drug-likeness (QED) is 0.153. The van der Waals surface area contributed by atoms with Gasteiger partial charge in [-0.25, -0.2) is 0 Å². The summed E-state index contributed by atoms with van der Waals surface area (Å²) in [5.74, 6) is -0.459. The molecule has 0 aromatic carbocycles. The molecule has 0 aliphatic rings. The van der Waals surface area contributed by atoms with Crippen molar-refractivity contribution < 1.29 is 9.59 Å². The van der Waals surface area contributed by atoms with Gasteiger partial charge in [-0.1, -0.05) is 0 Å². The van der Waals surface area contributed by atoms with Crippen LogP contribution in [-0.2, 0) is 9.59 Å². The molecule has 0 saturated carbocycles. The summed E-state index contributed by atoms with van der Waals surface area (Å²) in [6.07, 6.45) is 1.79. The Morgan fingerprint density at radius 1 is 1.56 bits per heavy atom. The van der Waals surface area contributed by atoms with E-state index in [1.807, 2.05) is 0 Å². The van der Waals surface area contributed by atoms with Crippen LogP contribution in [-0.4, -0.2) is 36.8 Å². The molecule has 0 aliphatic carbocycles. The lowest BCUT2D eigenvalue weighted by Crippen LogP contribution is -2.44. The van der Waals surface area contributed by atoms with Crippen molar-refractivity contribution >= 4 is 18.2 Å². The molecular weight excluding hydrogens is 210 g/mol. The molecule has 0 saturated heterocycles. The fraction of sp³-hybridized carbons (Fsp3) is 0.667. The average molecular weight is 229 g/mol. The van der Waals surface area contributed by atoms with Gasteiger partial charge in [0, 0.05) is 6.54 Å². The Morgan fingerprint density at radius 3 is 2.62 bits per heavy atom. The van der Waals surface area contributed by atoms with Crippen molar-refractivity contribution in [2.75, 3.05) is 6.54 Å². The second kappa shape index (κ2) is 7.63. The predicted octanol–water partition coefficient (Wildman–Crippen LogP) is -1.72. The molecule has 7 heteroatoms. The van der Waals surface area contributed by atoms with E-state index >= 15 is 0 Å². The van der Waals surface area contributed by atoms with Gasteiger partial charge in [0.1, 0.15) is 6.29 Å². The molecule has 0 spiro atoms. The number of nitrogens with one attached hydrogen (secondary N) is 3. The smallest absolute Gasteiger partial charge is 0.237 e. The third-order valence-corrected chi connectivity index (χ3v) is 1.91. The average Bonchev–Trinajstić information content (AvgIpc) is 2.21. The topological polar surface area (TPSA) is 134 Å². The molecule has 0 heterocycles. The maximum absolute atomic E-state index is 11.2. The minimum Gasteiger partial charge on any atom is -0.370 e. The highest BCUT2D eigenvalue weighted by atomic mass is 16.2. The van der Waals surface area contributed by atoms with E-state index in [-0.39, 0.29) is 11.9 Å². The number of hydrogen-bond donors (Lipinski definition) is 5. The van der Waals surface area contributed by atoms with Gasteiger partial charge in [0.25, 0.3) is 0 Å². The van der Waals surface area contributed by atoms with E-state index in [4.69, 9.17) is 16.9 Å². The zero-order valence-corrected chi connectivity index (χ0v) is 9.32. The van der Waals surface area contributed by atoms with Crippen LogP contribution in [0, 0.1) is 5.41 Å². The Morgan fingerprint density at radius 2 is 2.19 bits per heavy atom. The fourth-order valence-electron chi connectivity index (χ4n) is 1.03. The van der Waals surface area contributed by atoms with Gasteiger partial charge in [-0.15, -0.1) is 0 Å². The van der Waals surface area contributed by atoms with Crippen LogP contribution in [0.2, 0.25) is 0 Å². The molecule has 0 fully saturated rings. The third kappa shape index (κ3) is 6.77. The number of hydrogen-bond acceptors (Lipinski definition) is 4. The van der Waals surface area contributed by atoms with Crippen LogP contribution in [0.3, 0.4) is 0 Å². The minimum atomic E-state index is -0.627. The highest BCUT2D eigenvalue weighted by Gasteiger charge is 2.13. The van der Waals surface area contributed by atoms with Gasteiger partial charge >= 0.3 is 0 Å². The normalized spacial score (nSPS) is 13.6. The summed E-state index contributed by atoms with van der Waals surface area (Å²) in [5.41, 5.74) is 10.4. The van der Waals surface area contributed by atoms with E-state index in [9.17, 15) is 9.59 Å². The predicted molar refractivity (Wildman–Crippen MR) is 60.8 cm³/mol. The van der Waals surface area contributed by atoms with Crippen LogP contribution in [0.5, 0.6) is 0 Å². The second-order valence-corrected chi connectivity index (χ2v) is 3.52. The number of carbonyl (C=O) groups is 2. The Hall–Kier alpha value is -1.63. The largest absolute Gasteiger partial charge is 0.370 e. The van der Waals surface area contributed by atoms with Gasteiger partial charge in [-0.05, 0) is 19.8 Å². The summed E-state index contributed by atoms with van der Waals surface area (Å²) in [6.45, 7) is 2.04. The summed E-state index contributed by atoms with van der Waals surface area (Å²) in [4.78, 5) is 21.8. The fourth-order valence-corrected chi connectivity index (χ4v) is 1.03. The molecule has 0 unspecified atom stereocenters. The summed E-state index contributed by atoms with van der Waals surface area (Å²) in [6, 6.07) is -1.16. The first kappa shape index (κ1) is 14.4.